The second-order valence-electron chi connectivity index (χ2n) is 3.49. The highest BCUT2D eigenvalue weighted by Crippen LogP contribution is 2.10. The average molecular weight is 191 g/mol. The number of aliphatic imine (C=N–C) groups is 1. The average Bonchev–Trinajstić information content (AvgIpc) is 2.08. The minimum Gasteiger partial charge on any atom is -0.370 e. The summed E-state index contributed by atoms with van der Waals surface area (Å²) in [7, 11) is 0. The number of guanidine groups is 1. The van der Waals surface area contributed by atoms with E-state index in [0.29, 0.717) is 6.54 Å². The van der Waals surface area contributed by atoms with Crippen molar-refractivity contribution >= 4 is 5.96 Å². The molecule has 76 valence electrons. The Balaban J connectivity index is 2.64. The maximum absolute atomic E-state index is 5.25. The third-order valence-electron chi connectivity index (χ3n) is 2.17. The van der Waals surface area contributed by atoms with Crippen LogP contribution in [-0.2, 0) is 6.42 Å². The fourth-order valence-corrected chi connectivity index (χ4v) is 1.43. The molecule has 0 atom stereocenters. The number of nitrogens with two attached hydrogens (primary N) is 2. The predicted molar refractivity (Wildman–Crippen MR) is 60.3 cm³/mol. The Morgan fingerprint density at radius 1 is 1.29 bits per heavy atom. The van der Waals surface area contributed by atoms with Crippen molar-refractivity contribution in [2.24, 2.45) is 16.5 Å². The van der Waals surface area contributed by atoms with Gasteiger partial charge in [-0.3, -0.25) is 4.99 Å². The summed E-state index contributed by atoms with van der Waals surface area (Å²) in [6.07, 6.45) is 0.893. The van der Waals surface area contributed by atoms with Crippen LogP contribution in [0, 0.1) is 13.8 Å². The van der Waals surface area contributed by atoms with E-state index >= 15 is 0 Å². The zero-order valence-corrected chi connectivity index (χ0v) is 8.75. The fourth-order valence-electron chi connectivity index (χ4n) is 1.43. The predicted octanol–water partition coefficient (Wildman–Crippen LogP) is 1.12. The zero-order chi connectivity index (χ0) is 10.6. The summed E-state index contributed by atoms with van der Waals surface area (Å²) in [5.41, 5.74) is 14.4. The van der Waals surface area contributed by atoms with E-state index in [1.54, 1.807) is 0 Å². The molecule has 0 aliphatic carbocycles. The van der Waals surface area contributed by atoms with Crippen LogP contribution in [0.2, 0.25) is 0 Å². The van der Waals surface area contributed by atoms with E-state index < -0.39 is 0 Å². The monoisotopic (exact) mass is 191 g/mol. The summed E-state index contributed by atoms with van der Waals surface area (Å²) in [4.78, 5) is 3.96. The van der Waals surface area contributed by atoms with Crippen molar-refractivity contribution in [1.82, 2.24) is 0 Å². The largest absolute Gasteiger partial charge is 0.370 e. The van der Waals surface area contributed by atoms with Gasteiger partial charge in [0, 0.05) is 6.54 Å². The molecule has 4 N–H and O–H groups in total. The lowest BCUT2D eigenvalue weighted by Crippen LogP contribution is -2.23. The maximum atomic E-state index is 5.25. The van der Waals surface area contributed by atoms with Crippen LogP contribution in [0.5, 0.6) is 0 Å². The van der Waals surface area contributed by atoms with Crippen LogP contribution in [0.4, 0.5) is 0 Å². The van der Waals surface area contributed by atoms with E-state index in [4.69, 9.17) is 11.5 Å². The SMILES string of the molecule is Cc1ccc(CCN=C(N)N)c(C)c1. The van der Waals surface area contributed by atoms with Crippen molar-refractivity contribution in [3.8, 4) is 0 Å². The molecule has 0 heterocycles. The zero-order valence-electron chi connectivity index (χ0n) is 8.75. The molecule has 0 aliphatic rings. The van der Waals surface area contributed by atoms with Gasteiger partial charge in [0.15, 0.2) is 5.96 Å². The summed E-state index contributed by atoms with van der Waals surface area (Å²) >= 11 is 0. The molecule has 0 saturated heterocycles. The third-order valence-corrected chi connectivity index (χ3v) is 2.17. The third kappa shape index (κ3) is 3.09. The maximum Gasteiger partial charge on any atom is 0.185 e. The minimum atomic E-state index is 0.162. The van der Waals surface area contributed by atoms with Gasteiger partial charge in [-0.15, -0.1) is 0 Å². The Hall–Kier alpha value is -1.51. The second-order valence-corrected chi connectivity index (χ2v) is 3.49. The van der Waals surface area contributed by atoms with Crippen molar-refractivity contribution in [3.63, 3.8) is 0 Å². The van der Waals surface area contributed by atoms with Gasteiger partial charge in [0.2, 0.25) is 0 Å². The van der Waals surface area contributed by atoms with Gasteiger partial charge < -0.3 is 11.5 Å². The standard InChI is InChI=1S/C11H17N3/c1-8-3-4-10(9(2)7-8)5-6-14-11(12)13/h3-4,7H,5-6H2,1-2H3,(H4,12,13,14). The van der Waals surface area contributed by atoms with Gasteiger partial charge in [0.25, 0.3) is 0 Å². The Morgan fingerprint density at radius 2 is 2.00 bits per heavy atom. The van der Waals surface area contributed by atoms with Gasteiger partial charge in [-0.25, -0.2) is 0 Å². The van der Waals surface area contributed by atoms with E-state index in [1.165, 1.54) is 16.7 Å². The first-order valence-corrected chi connectivity index (χ1v) is 4.71. The van der Waals surface area contributed by atoms with E-state index in [1.807, 2.05) is 0 Å². The molecular weight excluding hydrogens is 174 g/mol. The summed E-state index contributed by atoms with van der Waals surface area (Å²) in [6, 6.07) is 6.41. The smallest absolute Gasteiger partial charge is 0.185 e. The second kappa shape index (κ2) is 4.65. The fraction of sp³-hybridized carbons (Fsp3) is 0.364. The number of benzene rings is 1. The Labute approximate surface area is 84.8 Å². The van der Waals surface area contributed by atoms with E-state index in [9.17, 15) is 0 Å². The van der Waals surface area contributed by atoms with Gasteiger partial charge in [0.1, 0.15) is 0 Å². The molecule has 0 unspecified atom stereocenters. The first kappa shape index (κ1) is 10.6. The van der Waals surface area contributed by atoms with Gasteiger partial charge in [-0.1, -0.05) is 23.8 Å². The van der Waals surface area contributed by atoms with Crippen molar-refractivity contribution < 1.29 is 0 Å². The van der Waals surface area contributed by atoms with Crippen LogP contribution in [-0.4, -0.2) is 12.5 Å². The topological polar surface area (TPSA) is 64.4 Å². The molecular formula is C11H17N3. The Morgan fingerprint density at radius 3 is 2.57 bits per heavy atom. The lowest BCUT2D eigenvalue weighted by atomic mass is 10.0. The van der Waals surface area contributed by atoms with Crippen molar-refractivity contribution in [2.75, 3.05) is 6.54 Å². The number of hydrogen-bond donors (Lipinski definition) is 2. The van der Waals surface area contributed by atoms with Gasteiger partial charge >= 0.3 is 0 Å². The van der Waals surface area contributed by atoms with E-state index in [2.05, 4.69) is 37.0 Å². The Bertz CT molecular complexity index is 338. The number of rotatable bonds is 3. The van der Waals surface area contributed by atoms with Crippen LogP contribution in [0.3, 0.4) is 0 Å². The molecule has 0 fully saturated rings. The molecule has 0 amide bonds. The minimum absolute atomic E-state index is 0.162. The molecule has 14 heavy (non-hydrogen) atoms. The van der Waals surface area contributed by atoms with Gasteiger partial charge in [-0.05, 0) is 31.4 Å². The lowest BCUT2D eigenvalue weighted by Gasteiger charge is -2.04. The van der Waals surface area contributed by atoms with Crippen molar-refractivity contribution in [3.05, 3.63) is 34.9 Å². The molecule has 3 nitrogen and oxygen atoms in total. The van der Waals surface area contributed by atoms with Crippen LogP contribution in [0.15, 0.2) is 23.2 Å². The highest BCUT2D eigenvalue weighted by atomic mass is 15.0. The molecule has 0 aromatic heterocycles. The van der Waals surface area contributed by atoms with E-state index in [0.717, 1.165) is 6.42 Å². The molecule has 1 aromatic rings. The highest BCUT2D eigenvalue weighted by molar-refractivity contribution is 5.75. The van der Waals surface area contributed by atoms with Crippen molar-refractivity contribution in [2.45, 2.75) is 20.3 Å². The van der Waals surface area contributed by atoms with Crippen LogP contribution < -0.4 is 11.5 Å². The van der Waals surface area contributed by atoms with Crippen LogP contribution >= 0.6 is 0 Å². The van der Waals surface area contributed by atoms with E-state index in [-0.39, 0.29) is 5.96 Å². The number of aryl methyl sites for hydroxylation is 2. The van der Waals surface area contributed by atoms with Crippen molar-refractivity contribution in [1.29, 1.82) is 0 Å². The number of nitrogens with zero attached hydrogens (tertiary/aromatic N) is 1. The molecule has 1 rings (SSSR count). The molecule has 0 radical (unpaired) electrons. The lowest BCUT2D eigenvalue weighted by molar-refractivity contribution is 0.951. The quantitative estimate of drug-likeness (QED) is 0.555. The molecule has 0 bridgehead atoms. The molecule has 0 aliphatic heterocycles. The summed E-state index contributed by atoms with van der Waals surface area (Å²) in [5, 5.41) is 0. The molecule has 0 spiro atoms. The molecule has 3 heteroatoms. The summed E-state index contributed by atoms with van der Waals surface area (Å²) in [5.74, 6) is 0.162. The van der Waals surface area contributed by atoms with Crippen LogP contribution in [0.25, 0.3) is 0 Å². The Kier molecular flexibility index (Phi) is 3.51. The number of hydrogen-bond acceptors (Lipinski definition) is 1. The van der Waals surface area contributed by atoms with Gasteiger partial charge in [0.05, 0.1) is 0 Å². The summed E-state index contributed by atoms with van der Waals surface area (Å²) < 4.78 is 0. The van der Waals surface area contributed by atoms with Crippen LogP contribution in [0.1, 0.15) is 16.7 Å². The summed E-state index contributed by atoms with van der Waals surface area (Å²) in [6.45, 7) is 4.86. The molecule has 1 aromatic carbocycles. The first-order valence-electron chi connectivity index (χ1n) is 4.71. The normalized spacial score (nSPS) is 9.86. The van der Waals surface area contributed by atoms with Gasteiger partial charge in [-0.2, -0.15) is 0 Å². The molecule has 0 saturated carbocycles. The highest BCUT2D eigenvalue weighted by Gasteiger charge is 1.97. The first-order chi connectivity index (χ1) is 6.59.